The van der Waals surface area contributed by atoms with Crippen LogP contribution in [0, 0.1) is 17.0 Å². The average Bonchev–Trinajstić information content (AvgIpc) is 3.30. The van der Waals surface area contributed by atoms with E-state index >= 15 is 0 Å². The van der Waals surface area contributed by atoms with E-state index < -0.39 is 4.92 Å². The molecule has 0 fully saturated rings. The molecule has 6 nitrogen and oxygen atoms in total. The summed E-state index contributed by atoms with van der Waals surface area (Å²) < 4.78 is 1.70. The molecule has 0 N–H and O–H groups in total. The first-order chi connectivity index (χ1) is 17.0. The predicted octanol–water partition coefficient (Wildman–Crippen LogP) is 6.65. The normalized spacial score (nSPS) is 10.8. The maximum Gasteiger partial charge on any atom is 0.269 e. The number of carbonyl (C=O) groups excluding carboxylic acids is 1. The smallest absolute Gasteiger partial charge is 0.269 e. The van der Waals surface area contributed by atoms with Crippen LogP contribution in [0.1, 0.15) is 21.5 Å². The van der Waals surface area contributed by atoms with Crippen LogP contribution in [-0.2, 0) is 0 Å². The highest BCUT2D eigenvalue weighted by Gasteiger charge is 2.27. The Morgan fingerprint density at radius 2 is 1.37 bits per heavy atom. The lowest BCUT2D eigenvalue weighted by molar-refractivity contribution is -0.384. The summed E-state index contributed by atoms with van der Waals surface area (Å²) in [7, 11) is 0. The van der Waals surface area contributed by atoms with Crippen molar-refractivity contribution in [3.63, 3.8) is 0 Å². The second kappa shape index (κ2) is 9.19. The first-order valence-corrected chi connectivity index (χ1v) is 11.1. The molecule has 0 amide bonds. The number of nitro benzene ring substituents is 1. The van der Waals surface area contributed by atoms with Crippen molar-refractivity contribution in [1.29, 1.82) is 0 Å². The topological polar surface area (TPSA) is 78.0 Å². The van der Waals surface area contributed by atoms with Gasteiger partial charge in [-0.25, -0.2) is 4.68 Å². The van der Waals surface area contributed by atoms with E-state index in [2.05, 4.69) is 0 Å². The van der Waals surface area contributed by atoms with E-state index in [1.807, 2.05) is 79.7 Å². The van der Waals surface area contributed by atoms with Crippen LogP contribution < -0.4 is 0 Å². The fourth-order valence-corrected chi connectivity index (χ4v) is 4.05. The average molecular weight is 460 g/mol. The number of non-ortho nitro benzene ring substituents is 1. The molecule has 0 aliphatic rings. The quantitative estimate of drug-likeness (QED) is 0.162. The summed E-state index contributed by atoms with van der Waals surface area (Å²) in [6.07, 6.45) is 0. The van der Waals surface area contributed by atoms with E-state index in [4.69, 9.17) is 5.10 Å². The van der Waals surface area contributed by atoms with Gasteiger partial charge in [0.25, 0.3) is 5.69 Å². The van der Waals surface area contributed by atoms with Crippen LogP contribution in [-0.4, -0.2) is 20.5 Å². The molecule has 0 saturated heterocycles. The second-order valence-electron chi connectivity index (χ2n) is 8.18. The number of benzene rings is 4. The van der Waals surface area contributed by atoms with Gasteiger partial charge in [-0.1, -0.05) is 90.5 Å². The number of carbonyl (C=O) groups is 1. The number of aromatic nitrogens is 2. The molecule has 0 atom stereocenters. The zero-order valence-electron chi connectivity index (χ0n) is 19.0. The van der Waals surface area contributed by atoms with Crippen LogP contribution >= 0.6 is 0 Å². The van der Waals surface area contributed by atoms with Crippen molar-refractivity contribution in [3.8, 4) is 28.2 Å². The molecule has 35 heavy (non-hydrogen) atoms. The number of nitro groups is 1. The molecule has 0 bridgehead atoms. The van der Waals surface area contributed by atoms with Gasteiger partial charge in [0.2, 0.25) is 0 Å². The first-order valence-electron chi connectivity index (χ1n) is 11.1. The molecular formula is C29H21N3O3. The Morgan fingerprint density at radius 3 is 1.97 bits per heavy atom. The highest BCUT2D eigenvalue weighted by molar-refractivity contribution is 6.16. The van der Waals surface area contributed by atoms with E-state index in [1.54, 1.807) is 28.9 Å². The molecule has 0 spiro atoms. The standard InChI is InChI=1S/C29H21N3O3/c1-20-12-14-21(15-13-20)27-26(29(33)23-10-6-3-7-11-23)28(22-8-4-2-5-9-22)31(30-27)24-16-18-25(19-17-24)32(34)35/h2-19H,1H3. The van der Waals surface area contributed by atoms with Crippen molar-refractivity contribution in [2.45, 2.75) is 6.92 Å². The third kappa shape index (κ3) is 4.25. The Morgan fingerprint density at radius 1 is 0.771 bits per heavy atom. The van der Waals surface area contributed by atoms with E-state index in [1.165, 1.54) is 12.1 Å². The minimum absolute atomic E-state index is 0.0125. The lowest BCUT2D eigenvalue weighted by Crippen LogP contribution is -2.05. The monoisotopic (exact) mass is 459 g/mol. The first kappa shape index (κ1) is 22.0. The van der Waals surface area contributed by atoms with Gasteiger partial charge in [0.15, 0.2) is 5.78 Å². The Bertz CT molecular complexity index is 1510. The van der Waals surface area contributed by atoms with Crippen molar-refractivity contribution >= 4 is 11.5 Å². The molecule has 0 aliphatic carbocycles. The molecule has 1 heterocycles. The summed E-state index contributed by atoms with van der Waals surface area (Å²) in [6.45, 7) is 2.00. The van der Waals surface area contributed by atoms with Gasteiger partial charge < -0.3 is 0 Å². The Kier molecular flexibility index (Phi) is 5.77. The number of hydrogen-bond donors (Lipinski definition) is 0. The van der Waals surface area contributed by atoms with Crippen molar-refractivity contribution in [3.05, 3.63) is 136 Å². The molecule has 1 aromatic heterocycles. The lowest BCUT2D eigenvalue weighted by Gasteiger charge is -2.10. The molecule has 0 radical (unpaired) electrons. The summed E-state index contributed by atoms with van der Waals surface area (Å²) in [5.41, 5.74) is 5.55. The lowest BCUT2D eigenvalue weighted by atomic mass is 9.94. The van der Waals surface area contributed by atoms with Gasteiger partial charge in [-0.3, -0.25) is 14.9 Å². The molecule has 0 unspecified atom stereocenters. The van der Waals surface area contributed by atoms with E-state index in [0.29, 0.717) is 28.2 Å². The zero-order valence-corrected chi connectivity index (χ0v) is 19.0. The highest BCUT2D eigenvalue weighted by Crippen LogP contribution is 2.36. The van der Waals surface area contributed by atoms with Crippen LogP contribution in [0.3, 0.4) is 0 Å². The molecule has 0 aliphatic heterocycles. The van der Waals surface area contributed by atoms with Gasteiger partial charge in [-0.15, -0.1) is 0 Å². The molecule has 4 aromatic carbocycles. The minimum atomic E-state index is -0.437. The van der Waals surface area contributed by atoms with Gasteiger partial charge in [0.05, 0.1) is 21.9 Å². The molecule has 170 valence electrons. The number of nitrogens with zero attached hydrogens (tertiary/aromatic N) is 3. The van der Waals surface area contributed by atoms with Crippen LogP contribution in [0.5, 0.6) is 0 Å². The highest BCUT2D eigenvalue weighted by atomic mass is 16.6. The molecule has 0 saturated carbocycles. The number of hydrogen-bond acceptors (Lipinski definition) is 4. The molecular weight excluding hydrogens is 438 g/mol. The van der Waals surface area contributed by atoms with Crippen LogP contribution in [0.2, 0.25) is 0 Å². The summed E-state index contributed by atoms with van der Waals surface area (Å²) in [5.74, 6) is -0.145. The van der Waals surface area contributed by atoms with E-state index in [0.717, 1.165) is 16.7 Å². The van der Waals surface area contributed by atoms with Crippen LogP contribution in [0.4, 0.5) is 5.69 Å². The van der Waals surface area contributed by atoms with Gasteiger partial charge in [-0.05, 0) is 19.1 Å². The third-order valence-electron chi connectivity index (χ3n) is 5.83. The SMILES string of the molecule is Cc1ccc(-c2nn(-c3ccc([N+](=O)[O-])cc3)c(-c3ccccc3)c2C(=O)c2ccccc2)cc1. The van der Waals surface area contributed by atoms with E-state index in [-0.39, 0.29) is 11.5 Å². The van der Waals surface area contributed by atoms with Gasteiger partial charge >= 0.3 is 0 Å². The summed E-state index contributed by atoms with van der Waals surface area (Å²) >= 11 is 0. The molecule has 5 rings (SSSR count). The molecule has 6 heteroatoms. The fourth-order valence-electron chi connectivity index (χ4n) is 4.05. The number of aryl methyl sites for hydroxylation is 1. The van der Waals surface area contributed by atoms with Crippen molar-refractivity contribution < 1.29 is 9.72 Å². The van der Waals surface area contributed by atoms with Crippen molar-refractivity contribution in [2.75, 3.05) is 0 Å². The van der Waals surface area contributed by atoms with E-state index in [9.17, 15) is 14.9 Å². The summed E-state index contributed by atoms with van der Waals surface area (Å²) in [4.78, 5) is 24.7. The van der Waals surface area contributed by atoms with Gasteiger partial charge in [0.1, 0.15) is 5.69 Å². The largest absolute Gasteiger partial charge is 0.288 e. The predicted molar refractivity (Wildman–Crippen MR) is 136 cm³/mol. The van der Waals surface area contributed by atoms with Crippen LogP contribution in [0.15, 0.2) is 109 Å². The Hall–Kier alpha value is -4.84. The maximum absolute atomic E-state index is 13.9. The zero-order chi connectivity index (χ0) is 24.4. The van der Waals surface area contributed by atoms with Gasteiger partial charge in [-0.2, -0.15) is 5.10 Å². The molecule has 5 aromatic rings. The third-order valence-corrected chi connectivity index (χ3v) is 5.83. The van der Waals surface area contributed by atoms with Gasteiger partial charge in [0, 0.05) is 28.8 Å². The Balaban J connectivity index is 1.82. The minimum Gasteiger partial charge on any atom is -0.288 e. The maximum atomic E-state index is 13.9. The second-order valence-corrected chi connectivity index (χ2v) is 8.18. The number of ketones is 1. The Labute approximate surface area is 202 Å². The van der Waals surface area contributed by atoms with Crippen molar-refractivity contribution in [1.82, 2.24) is 9.78 Å². The van der Waals surface area contributed by atoms with Crippen LogP contribution in [0.25, 0.3) is 28.2 Å². The summed E-state index contributed by atoms with van der Waals surface area (Å²) in [6, 6.07) is 32.8. The summed E-state index contributed by atoms with van der Waals surface area (Å²) in [5, 5.41) is 16.1. The number of rotatable bonds is 6. The van der Waals surface area contributed by atoms with Crippen molar-refractivity contribution in [2.24, 2.45) is 0 Å². The fraction of sp³-hybridized carbons (Fsp3) is 0.0345.